The van der Waals surface area contributed by atoms with Crippen molar-refractivity contribution in [2.75, 3.05) is 9.80 Å². The molecule has 6 heteroatoms. The van der Waals surface area contributed by atoms with E-state index in [1.54, 1.807) is 0 Å². The number of benzene rings is 9. The first-order valence-electron chi connectivity index (χ1n) is 29.2. The molecule has 11 aromatic rings. The lowest BCUT2D eigenvalue weighted by Gasteiger charge is -2.47. The number of nitrogens with zero attached hydrogens (tertiary/aromatic N) is 5. The Labute approximate surface area is 479 Å². The summed E-state index contributed by atoms with van der Waals surface area (Å²) >= 11 is 0. The largest absolute Gasteiger partial charge is 0.311 e. The highest BCUT2D eigenvalue weighted by Crippen LogP contribution is 2.55. The molecule has 14 rings (SSSR count). The molecule has 0 spiro atoms. The van der Waals surface area contributed by atoms with Crippen LogP contribution in [0.1, 0.15) is 137 Å². The Kier molecular flexibility index (Phi) is 10.6. The van der Waals surface area contributed by atoms with E-state index in [9.17, 15) is 5.26 Å². The van der Waals surface area contributed by atoms with Crippen molar-refractivity contribution in [3.05, 3.63) is 197 Å². The van der Waals surface area contributed by atoms with Crippen molar-refractivity contribution in [3.8, 4) is 28.6 Å². The predicted octanol–water partition coefficient (Wildman–Crippen LogP) is 18.3. The van der Waals surface area contributed by atoms with E-state index in [0.717, 1.165) is 39.7 Å². The fraction of sp³-hybridized carbons (Fsp3) is 0.267. The van der Waals surface area contributed by atoms with Crippen molar-refractivity contribution >= 4 is 101 Å². The van der Waals surface area contributed by atoms with E-state index in [2.05, 4.69) is 293 Å². The first-order chi connectivity index (χ1) is 38.3. The molecule has 3 aliphatic heterocycles. The SMILES string of the molecule is CC(C)(C)c1cc2c3c(c1)-n1c4ccc(C(C)(C)C)cc4c4cc(C(C)(C)C)cc(c41)N3c1cc(C#N)cc3c1B2c1ccc(-n2c4ccc(C(C)(C)C)cc4c4cc(C(C)(C)C)ccc42)cc1N3c1ccc(-c2ccccc2)cc1. The van der Waals surface area contributed by atoms with Crippen LogP contribution in [0.2, 0.25) is 0 Å². The quantitative estimate of drug-likeness (QED) is 0.166. The zero-order valence-electron chi connectivity index (χ0n) is 49.9. The Morgan fingerprint density at radius 2 is 0.827 bits per heavy atom. The number of hydrogen-bond acceptors (Lipinski definition) is 3. The molecule has 0 aliphatic carbocycles. The van der Waals surface area contributed by atoms with Gasteiger partial charge in [0.2, 0.25) is 0 Å². The fourth-order valence-corrected chi connectivity index (χ4v) is 13.5. The van der Waals surface area contributed by atoms with Crippen LogP contribution in [0.5, 0.6) is 0 Å². The molecule has 0 unspecified atom stereocenters. The standard InChI is InChI=1S/C75H72BN5/c1-71(2,3)47-23-30-60-54(35-47)55-36-48(72(4,5)6)24-31-61(55)79(60)53-28-29-58-63(42-53)78(52-26-21-46(22-27-52)45-19-17-16-18-20-45)64-33-44(43-77)34-65-68(64)76(58)59-39-51(75(13,14)15)41-67-70(59)81(65)66-40-50(74(10,11)12)38-57-56-37-49(73(7,8)9)25-32-62(56)80(67)69(57)66/h16-42H,1-15H3. The average Bonchev–Trinajstić information content (AvgIpc) is 3.40. The van der Waals surface area contributed by atoms with Crippen LogP contribution in [0.3, 0.4) is 0 Å². The van der Waals surface area contributed by atoms with E-state index in [0.29, 0.717) is 5.56 Å². The topological polar surface area (TPSA) is 40.1 Å². The molecular formula is C75H72BN5. The van der Waals surface area contributed by atoms with Gasteiger partial charge in [-0.1, -0.05) is 177 Å². The minimum Gasteiger partial charge on any atom is -0.311 e. The Hall–Kier alpha value is -8.27. The zero-order chi connectivity index (χ0) is 56.8. The van der Waals surface area contributed by atoms with Crippen molar-refractivity contribution in [3.63, 3.8) is 0 Å². The van der Waals surface area contributed by atoms with Gasteiger partial charge in [-0.3, -0.25) is 0 Å². The smallest absolute Gasteiger partial charge is 0.252 e. The van der Waals surface area contributed by atoms with Gasteiger partial charge in [-0.25, -0.2) is 0 Å². The van der Waals surface area contributed by atoms with Crippen molar-refractivity contribution in [1.29, 1.82) is 5.26 Å². The number of anilines is 6. The van der Waals surface area contributed by atoms with Gasteiger partial charge >= 0.3 is 0 Å². The first kappa shape index (κ1) is 50.9. The molecule has 3 aliphatic rings. The summed E-state index contributed by atoms with van der Waals surface area (Å²) in [5.74, 6) is 0. The fourth-order valence-electron chi connectivity index (χ4n) is 13.5. The van der Waals surface area contributed by atoms with Crippen LogP contribution in [0.4, 0.5) is 34.1 Å². The maximum atomic E-state index is 11.4. The Morgan fingerprint density at radius 1 is 0.358 bits per heavy atom. The van der Waals surface area contributed by atoms with E-state index in [4.69, 9.17) is 0 Å². The van der Waals surface area contributed by atoms with E-state index < -0.39 is 0 Å². The lowest BCUT2D eigenvalue weighted by atomic mass is 9.33. The second-order valence-electron chi connectivity index (χ2n) is 28.7. The summed E-state index contributed by atoms with van der Waals surface area (Å²) in [4.78, 5) is 5.04. The third kappa shape index (κ3) is 7.64. The van der Waals surface area contributed by atoms with Crippen LogP contribution in [0.15, 0.2) is 164 Å². The summed E-state index contributed by atoms with van der Waals surface area (Å²) in [6, 6.07) is 65.4. The second-order valence-corrected chi connectivity index (χ2v) is 28.7. The lowest BCUT2D eigenvalue weighted by Crippen LogP contribution is -2.62. The minimum absolute atomic E-state index is 0.0204. The zero-order valence-corrected chi connectivity index (χ0v) is 49.9. The molecule has 0 saturated carbocycles. The molecule has 0 saturated heterocycles. The van der Waals surface area contributed by atoms with Crippen LogP contribution in [-0.2, 0) is 27.1 Å². The highest BCUT2D eigenvalue weighted by Gasteiger charge is 2.47. The molecule has 9 aromatic carbocycles. The van der Waals surface area contributed by atoms with Gasteiger partial charge in [-0.15, -0.1) is 0 Å². The number of nitriles is 1. The van der Waals surface area contributed by atoms with Crippen LogP contribution in [-0.4, -0.2) is 15.8 Å². The Bertz CT molecular complexity index is 4470. The summed E-state index contributed by atoms with van der Waals surface area (Å²) in [5, 5.41) is 16.4. The maximum absolute atomic E-state index is 11.4. The summed E-state index contributed by atoms with van der Waals surface area (Å²) in [5.41, 5.74) is 26.4. The van der Waals surface area contributed by atoms with Crippen molar-refractivity contribution in [2.24, 2.45) is 0 Å². The number of aromatic nitrogens is 2. The van der Waals surface area contributed by atoms with E-state index in [1.807, 2.05) is 0 Å². The predicted molar refractivity (Wildman–Crippen MR) is 346 cm³/mol. The summed E-state index contributed by atoms with van der Waals surface area (Å²) in [6.07, 6.45) is 0. The number of rotatable bonds is 3. The second kappa shape index (κ2) is 16.9. The molecule has 0 atom stereocenters. The van der Waals surface area contributed by atoms with Gasteiger partial charge in [0, 0.05) is 50.0 Å². The van der Waals surface area contributed by atoms with E-state index in [1.165, 1.54) is 105 Å². The van der Waals surface area contributed by atoms with Gasteiger partial charge in [-0.2, -0.15) is 5.26 Å². The van der Waals surface area contributed by atoms with Crippen LogP contribution in [0.25, 0.3) is 66.1 Å². The molecule has 400 valence electrons. The summed E-state index contributed by atoms with van der Waals surface area (Å²) in [7, 11) is 0. The van der Waals surface area contributed by atoms with Gasteiger partial charge < -0.3 is 18.9 Å². The monoisotopic (exact) mass is 1050 g/mol. The Morgan fingerprint density at radius 3 is 1.37 bits per heavy atom. The molecule has 5 heterocycles. The normalized spacial score (nSPS) is 14.0. The van der Waals surface area contributed by atoms with Crippen molar-refractivity contribution < 1.29 is 0 Å². The Balaban J connectivity index is 1.11. The lowest BCUT2D eigenvalue weighted by molar-refractivity contribution is 0.590. The van der Waals surface area contributed by atoms with Crippen LogP contribution in [0, 0.1) is 11.3 Å². The molecule has 5 nitrogen and oxygen atoms in total. The molecule has 81 heavy (non-hydrogen) atoms. The highest BCUT2D eigenvalue weighted by molar-refractivity contribution is 7.00. The number of hydrogen-bond donors (Lipinski definition) is 0. The molecule has 0 N–H and O–H groups in total. The van der Waals surface area contributed by atoms with Crippen molar-refractivity contribution in [1.82, 2.24) is 9.13 Å². The van der Waals surface area contributed by atoms with E-state index in [-0.39, 0.29) is 33.8 Å². The highest BCUT2D eigenvalue weighted by atomic mass is 15.2. The number of fused-ring (bicyclic) bond motifs is 12. The van der Waals surface area contributed by atoms with Crippen LogP contribution >= 0.6 is 0 Å². The third-order valence-corrected chi connectivity index (χ3v) is 18.2. The summed E-state index contributed by atoms with van der Waals surface area (Å²) in [6.45, 7) is 34.7. The van der Waals surface area contributed by atoms with Gasteiger partial charge in [-0.05, 0) is 173 Å². The van der Waals surface area contributed by atoms with Gasteiger partial charge in [0.1, 0.15) is 0 Å². The van der Waals surface area contributed by atoms with Crippen LogP contribution < -0.4 is 26.2 Å². The maximum Gasteiger partial charge on any atom is 0.252 e. The minimum atomic E-state index is -0.174. The third-order valence-electron chi connectivity index (χ3n) is 18.2. The molecule has 0 amide bonds. The molecule has 0 bridgehead atoms. The van der Waals surface area contributed by atoms with Gasteiger partial charge in [0.25, 0.3) is 6.71 Å². The molecule has 0 fully saturated rings. The summed E-state index contributed by atoms with van der Waals surface area (Å²) < 4.78 is 5.09. The first-order valence-corrected chi connectivity index (χ1v) is 29.2. The van der Waals surface area contributed by atoms with E-state index >= 15 is 0 Å². The van der Waals surface area contributed by atoms with Gasteiger partial charge in [0.05, 0.1) is 50.8 Å². The average molecular weight is 1050 g/mol. The molecule has 2 aromatic heterocycles. The van der Waals surface area contributed by atoms with Crippen molar-refractivity contribution in [2.45, 2.75) is 131 Å². The molecular weight excluding hydrogens is 982 g/mol. The van der Waals surface area contributed by atoms with Gasteiger partial charge in [0.15, 0.2) is 0 Å². The molecule has 0 radical (unpaired) electrons.